The highest BCUT2D eigenvalue weighted by Gasteiger charge is 2.08. The molecule has 0 saturated heterocycles. The second-order valence-corrected chi connectivity index (χ2v) is 6.50. The summed E-state index contributed by atoms with van der Waals surface area (Å²) < 4.78 is 19.9. The van der Waals surface area contributed by atoms with Gasteiger partial charge in [-0.25, -0.2) is 4.39 Å². The van der Waals surface area contributed by atoms with E-state index in [0.29, 0.717) is 23.7 Å². The Morgan fingerprint density at radius 2 is 2.21 bits per heavy atom. The quantitative estimate of drug-likeness (QED) is 0.808. The van der Waals surface area contributed by atoms with Gasteiger partial charge in [0.1, 0.15) is 11.6 Å². The second-order valence-electron chi connectivity index (χ2n) is 3.96. The van der Waals surface area contributed by atoms with Gasteiger partial charge in [-0.2, -0.15) is 0 Å². The normalized spacial score (nSPS) is 10.5. The fraction of sp³-hybridized carbons (Fsp3) is 0.231. The number of nitrogens with two attached hydrogens (primary N) is 1. The summed E-state index contributed by atoms with van der Waals surface area (Å²) in [6.45, 7) is 0.650. The van der Waals surface area contributed by atoms with E-state index in [1.54, 1.807) is 17.4 Å². The number of benzene rings is 1. The average molecular weight is 345 g/mol. The minimum Gasteiger partial charge on any atom is -0.495 e. The van der Waals surface area contributed by atoms with Crippen molar-refractivity contribution in [3.05, 3.63) is 38.7 Å². The number of ether oxygens (including phenoxy) is 1. The van der Waals surface area contributed by atoms with Crippen LogP contribution in [-0.2, 0) is 6.42 Å². The molecule has 1 aromatic carbocycles. The highest BCUT2D eigenvalue weighted by Crippen LogP contribution is 2.28. The molecule has 0 radical (unpaired) electrons. The lowest BCUT2D eigenvalue weighted by atomic mass is 10.2. The summed E-state index contributed by atoms with van der Waals surface area (Å²) in [5.41, 5.74) is 6.33. The van der Waals surface area contributed by atoms with Crippen molar-refractivity contribution < 1.29 is 9.13 Å². The number of nitrogens with one attached hydrogen (secondary N) is 1. The molecule has 0 saturated carbocycles. The molecule has 6 heteroatoms. The van der Waals surface area contributed by atoms with Crippen molar-refractivity contribution in [2.45, 2.75) is 6.42 Å². The smallest absolute Gasteiger partial charge is 0.148 e. The van der Waals surface area contributed by atoms with Crippen LogP contribution in [0.3, 0.4) is 0 Å². The van der Waals surface area contributed by atoms with Gasteiger partial charge in [0.2, 0.25) is 0 Å². The van der Waals surface area contributed by atoms with E-state index in [-0.39, 0.29) is 5.82 Å². The van der Waals surface area contributed by atoms with Gasteiger partial charge in [-0.15, -0.1) is 11.3 Å². The molecular formula is C13H14BrFN2OS. The predicted octanol–water partition coefficient (Wildman–Crippen LogP) is 3.90. The van der Waals surface area contributed by atoms with E-state index in [0.717, 1.165) is 10.2 Å². The van der Waals surface area contributed by atoms with Crippen LogP contribution in [0.25, 0.3) is 0 Å². The van der Waals surface area contributed by atoms with Gasteiger partial charge in [0.25, 0.3) is 0 Å². The summed E-state index contributed by atoms with van der Waals surface area (Å²) in [6.07, 6.45) is 0.836. The Balaban J connectivity index is 1.99. The first kappa shape index (κ1) is 14.1. The van der Waals surface area contributed by atoms with Crippen LogP contribution in [0, 0.1) is 5.82 Å². The molecule has 0 aliphatic rings. The molecule has 1 aromatic heterocycles. The van der Waals surface area contributed by atoms with Gasteiger partial charge in [0.15, 0.2) is 0 Å². The maximum Gasteiger partial charge on any atom is 0.148 e. The van der Waals surface area contributed by atoms with E-state index in [1.165, 1.54) is 18.1 Å². The van der Waals surface area contributed by atoms with Crippen LogP contribution in [0.4, 0.5) is 15.8 Å². The molecule has 2 aromatic rings. The summed E-state index contributed by atoms with van der Waals surface area (Å²) in [4.78, 5) is 1.24. The molecule has 0 spiro atoms. The molecule has 0 bridgehead atoms. The third-order valence-corrected chi connectivity index (χ3v) is 4.32. The Hall–Kier alpha value is -1.27. The summed E-state index contributed by atoms with van der Waals surface area (Å²) in [7, 11) is 1.51. The van der Waals surface area contributed by atoms with Gasteiger partial charge in [0, 0.05) is 23.6 Å². The van der Waals surface area contributed by atoms with Crippen LogP contribution in [0.5, 0.6) is 5.75 Å². The summed E-state index contributed by atoms with van der Waals surface area (Å²) in [5, 5.41) is 3.05. The first-order chi connectivity index (χ1) is 9.10. The Labute approximate surface area is 123 Å². The number of methoxy groups -OCH3 is 1. The molecule has 0 aliphatic carbocycles. The van der Waals surface area contributed by atoms with Crippen molar-refractivity contribution in [1.29, 1.82) is 0 Å². The molecule has 3 nitrogen and oxygen atoms in total. The van der Waals surface area contributed by atoms with Crippen molar-refractivity contribution in [2.75, 3.05) is 24.7 Å². The summed E-state index contributed by atoms with van der Waals surface area (Å²) in [5.74, 6) is 0.105. The topological polar surface area (TPSA) is 47.3 Å². The van der Waals surface area contributed by atoms with Crippen molar-refractivity contribution in [3.63, 3.8) is 0 Å². The fourth-order valence-corrected chi connectivity index (χ4v) is 3.17. The molecular weight excluding hydrogens is 331 g/mol. The zero-order chi connectivity index (χ0) is 13.8. The minimum absolute atomic E-state index is 0.299. The van der Waals surface area contributed by atoms with Crippen molar-refractivity contribution >= 4 is 38.6 Å². The Morgan fingerprint density at radius 1 is 1.42 bits per heavy atom. The lowest BCUT2D eigenvalue weighted by Gasteiger charge is -2.10. The van der Waals surface area contributed by atoms with E-state index >= 15 is 0 Å². The molecule has 0 fully saturated rings. The number of nitrogen functional groups attached to an aromatic ring is 1. The SMILES string of the molecule is COc1cc(NCCc2ccc(Br)s2)c(F)cc1N. The molecule has 1 heterocycles. The second kappa shape index (κ2) is 6.25. The average Bonchev–Trinajstić information content (AvgIpc) is 2.78. The van der Waals surface area contributed by atoms with Crippen molar-refractivity contribution in [3.8, 4) is 5.75 Å². The third kappa shape index (κ3) is 3.61. The fourth-order valence-electron chi connectivity index (χ4n) is 1.69. The van der Waals surface area contributed by atoms with Gasteiger partial charge in [-0.05, 0) is 34.5 Å². The van der Waals surface area contributed by atoms with Gasteiger partial charge in [-0.3, -0.25) is 0 Å². The lowest BCUT2D eigenvalue weighted by molar-refractivity contribution is 0.416. The number of rotatable bonds is 5. The molecule has 102 valence electrons. The number of hydrogen-bond acceptors (Lipinski definition) is 4. The highest BCUT2D eigenvalue weighted by atomic mass is 79.9. The number of hydrogen-bond donors (Lipinski definition) is 2. The Bertz CT molecular complexity index is 574. The number of anilines is 2. The largest absolute Gasteiger partial charge is 0.495 e. The van der Waals surface area contributed by atoms with Crippen molar-refractivity contribution in [2.24, 2.45) is 0 Å². The Kier molecular flexibility index (Phi) is 4.66. The Morgan fingerprint density at radius 3 is 2.84 bits per heavy atom. The summed E-state index contributed by atoms with van der Waals surface area (Å²) in [6, 6.07) is 6.90. The first-order valence-corrected chi connectivity index (χ1v) is 7.32. The van der Waals surface area contributed by atoms with Crippen LogP contribution in [0.15, 0.2) is 28.1 Å². The number of halogens is 2. The van der Waals surface area contributed by atoms with Crippen LogP contribution < -0.4 is 15.8 Å². The minimum atomic E-state index is -0.370. The highest BCUT2D eigenvalue weighted by molar-refractivity contribution is 9.11. The van der Waals surface area contributed by atoms with Crippen LogP contribution in [-0.4, -0.2) is 13.7 Å². The molecule has 3 N–H and O–H groups in total. The summed E-state index contributed by atoms with van der Waals surface area (Å²) >= 11 is 5.09. The van der Waals surface area contributed by atoms with E-state index in [9.17, 15) is 4.39 Å². The maximum atomic E-state index is 13.7. The van der Waals surface area contributed by atoms with Crippen LogP contribution in [0.1, 0.15) is 4.88 Å². The zero-order valence-corrected chi connectivity index (χ0v) is 12.8. The maximum absolute atomic E-state index is 13.7. The molecule has 2 rings (SSSR count). The molecule has 0 atom stereocenters. The molecule has 0 amide bonds. The molecule has 19 heavy (non-hydrogen) atoms. The zero-order valence-electron chi connectivity index (χ0n) is 10.4. The van der Waals surface area contributed by atoms with Gasteiger partial charge in [0.05, 0.1) is 22.3 Å². The molecule has 0 unspecified atom stereocenters. The monoisotopic (exact) mass is 344 g/mol. The molecule has 0 aliphatic heterocycles. The van der Waals surface area contributed by atoms with E-state index < -0.39 is 0 Å². The third-order valence-electron chi connectivity index (χ3n) is 2.64. The van der Waals surface area contributed by atoms with E-state index in [2.05, 4.69) is 27.3 Å². The standard InChI is InChI=1S/C13H14BrFN2OS/c1-18-12-7-11(9(15)6-10(12)16)17-5-4-8-2-3-13(14)19-8/h2-3,6-7,17H,4-5,16H2,1H3. The lowest BCUT2D eigenvalue weighted by Crippen LogP contribution is -2.06. The van der Waals surface area contributed by atoms with Crippen molar-refractivity contribution in [1.82, 2.24) is 0 Å². The van der Waals surface area contributed by atoms with Gasteiger partial charge >= 0.3 is 0 Å². The van der Waals surface area contributed by atoms with Gasteiger partial charge in [-0.1, -0.05) is 0 Å². The van der Waals surface area contributed by atoms with E-state index in [4.69, 9.17) is 10.5 Å². The predicted molar refractivity (Wildman–Crippen MR) is 81.6 cm³/mol. The first-order valence-electron chi connectivity index (χ1n) is 5.71. The van der Waals surface area contributed by atoms with Gasteiger partial charge < -0.3 is 15.8 Å². The number of thiophene rings is 1. The van der Waals surface area contributed by atoms with E-state index in [1.807, 2.05) is 6.07 Å². The van der Waals surface area contributed by atoms with Crippen LogP contribution >= 0.6 is 27.3 Å². The van der Waals surface area contributed by atoms with Crippen LogP contribution in [0.2, 0.25) is 0 Å².